The molecule has 21 heavy (non-hydrogen) atoms. The van der Waals surface area contributed by atoms with Crippen molar-refractivity contribution in [3.05, 3.63) is 22.7 Å². The third-order valence-electron chi connectivity index (χ3n) is 2.81. The molecule has 0 saturated carbocycles. The Kier molecular flexibility index (Phi) is 7.28. The molecule has 0 aromatic heterocycles. The Labute approximate surface area is 129 Å². The Hall–Kier alpha value is -1.50. The molecule has 3 N–H and O–H groups in total. The van der Waals surface area contributed by atoms with Crippen LogP contribution in [0.1, 0.15) is 12.5 Å². The van der Waals surface area contributed by atoms with Crippen molar-refractivity contribution in [2.24, 2.45) is 5.73 Å². The molecule has 118 valence electrons. The summed E-state index contributed by atoms with van der Waals surface area (Å²) in [7, 11) is 3.07. The summed E-state index contributed by atoms with van der Waals surface area (Å²) in [6.07, 6.45) is -0.692. The summed E-state index contributed by atoms with van der Waals surface area (Å²) in [4.78, 5) is 11.9. The van der Waals surface area contributed by atoms with Gasteiger partial charge in [0.05, 0.1) is 13.7 Å². The number of halogens is 1. The average molecular weight is 317 g/mol. The largest absolute Gasteiger partial charge is 0.493 e. The van der Waals surface area contributed by atoms with Crippen LogP contribution in [0.4, 0.5) is 0 Å². The van der Waals surface area contributed by atoms with Crippen molar-refractivity contribution >= 4 is 17.5 Å². The summed E-state index contributed by atoms with van der Waals surface area (Å²) in [5, 5.41) is 3.20. The van der Waals surface area contributed by atoms with Gasteiger partial charge in [0, 0.05) is 36.9 Å². The summed E-state index contributed by atoms with van der Waals surface area (Å²) in [6, 6.07) is 3.31. The second-order valence-electron chi connectivity index (χ2n) is 4.34. The highest BCUT2D eigenvalue weighted by Crippen LogP contribution is 2.35. The molecule has 1 unspecified atom stereocenters. The van der Waals surface area contributed by atoms with Crippen LogP contribution in [0.2, 0.25) is 5.02 Å². The number of amides is 1. The summed E-state index contributed by atoms with van der Waals surface area (Å²) in [6.45, 7) is 2.74. The third kappa shape index (κ3) is 5.08. The van der Waals surface area contributed by atoms with Gasteiger partial charge in [-0.3, -0.25) is 4.79 Å². The molecule has 0 saturated heterocycles. The fourth-order valence-electron chi connectivity index (χ4n) is 1.71. The summed E-state index contributed by atoms with van der Waals surface area (Å²) in [5.41, 5.74) is 6.36. The zero-order chi connectivity index (χ0) is 15.8. The van der Waals surface area contributed by atoms with E-state index in [0.29, 0.717) is 35.2 Å². The van der Waals surface area contributed by atoms with Gasteiger partial charge in [0.15, 0.2) is 17.6 Å². The Morgan fingerprint density at radius 3 is 2.71 bits per heavy atom. The molecule has 0 heterocycles. The maximum atomic E-state index is 11.9. The zero-order valence-electron chi connectivity index (χ0n) is 12.4. The van der Waals surface area contributed by atoms with Crippen LogP contribution in [0.3, 0.4) is 0 Å². The SMILES string of the molecule is COCCNC(=O)C(C)Oc1c(CN)cc(Cl)cc1OC. The molecule has 0 fully saturated rings. The van der Waals surface area contributed by atoms with Crippen LogP contribution in [0.5, 0.6) is 11.5 Å². The minimum Gasteiger partial charge on any atom is -0.493 e. The highest BCUT2D eigenvalue weighted by atomic mass is 35.5. The van der Waals surface area contributed by atoms with Crippen molar-refractivity contribution in [1.82, 2.24) is 5.32 Å². The van der Waals surface area contributed by atoms with E-state index in [0.717, 1.165) is 0 Å². The molecule has 7 heteroatoms. The molecular weight excluding hydrogens is 296 g/mol. The number of benzene rings is 1. The van der Waals surface area contributed by atoms with Crippen molar-refractivity contribution in [3.63, 3.8) is 0 Å². The van der Waals surface area contributed by atoms with Crippen LogP contribution >= 0.6 is 11.6 Å². The van der Waals surface area contributed by atoms with Gasteiger partial charge < -0.3 is 25.3 Å². The molecule has 0 aliphatic rings. The quantitative estimate of drug-likeness (QED) is 0.707. The molecule has 1 amide bonds. The van der Waals surface area contributed by atoms with E-state index >= 15 is 0 Å². The monoisotopic (exact) mass is 316 g/mol. The zero-order valence-corrected chi connectivity index (χ0v) is 13.2. The van der Waals surface area contributed by atoms with Gasteiger partial charge in [-0.05, 0) is 13.0 Å². The highest BCUT2D eigenvalue weighted by Gasteiger charge is 2.19. The first-order valence-electron chi connectivity index (χ1n) is 6.53. The lowest BCUT2D eigenvalue weighted by Crippen LogP contribution is -2.38. The summed E-state index contributed by atoms with van der Waals surface area (Å²) >= 11 is 5.98. The maximum absolute atomic E-state index is 11.9. The Morgan fingerprint density at radius 2 is 2.14 bits per heavy atom. The predicted molar refractivity (Wildman–Crippen MR) is 80.9 cm³/mol. The predicted octanol–water partition coefficient (Wildman–Crippen LogP) is 1.34. The number of rotatable bonds is 8. The lowest BCUT2D eigenvalue weighted by Gasteiger charge is -2.19. The van der Waals surface area contributed by atoms with E-state index < -0.39 is 6.10 Å². The van der Waals surface area contributed by atoms with E-state index in [4.69, 9.17) is 31.5 Å². The maximum Gasteiger partial charge on any atom is 0.260 e. The van der Waals surface area contributed by atoms with Crippen LogP contribution in [0.15, 0.2) is 12.1 Å². The minimum atomic E-state index is -0.692. The van der Waals surface area contributed by atoms with Gasteiger partial charge in [0.25, 0.3) is 5.91 Å². The molecule has 0 bridgehead atoms. The lowest BCUT2D eigenvalue weighted by molar-refractivity contribution is -0.127. The molecule has 0 aliphatic heterocycles. The molecule has 0 spiro atoms. The number of ether oxygens (including phenoxy) is 3. The lowest BCUT2D eigenvalue weighted by atomic mass is 10.2. The second-order valence-corrected chi connectivity index (χ2v) is 4.78. The van der Waals surface area contributed by atoms with Crippen LogP contribution in [-0.2, 0) is 16.1 Å². The van der Waals surface area contributed by atoms with E-state index in [1.165, 1.54) is 7.11 Å². The van der Waals surface area contributed by atoms with E-state index in [1.807, 2.05) is 0 Å². The molecule has 1 aromatic rings. The fraction of sp³-hybridized carbons (Fsp3) is 0.500. The summed E-state index contributed by atoms with van der Waals surface area (Å²) < 4.78 is 15.8. The van der Waals surface area contributed by atoms with Gasteiger partial charge in [-0.1, -0.05) is 11.6 Å². The number of nitrogens with two attached hydrogens (primary N) is 1. The van der Waals surface area contributed by atoms with E-state index in [-0.39, 0.29) is 12.5 Å². The van der Waals surface area contributed by atoms with Crippen LogP contribution in [0.25, 0.3) is 0 Å². The Bertz CT molecular complexity index is 457. The van der Waals surface area contributed by atoms with Crippen molar-refractivity contribution in [2.45, 2.75) is 19.6 Å². The Morgan fingerprint density at radius 1 is 1.43 bits per heavy atom. The molecule has 1 rings (SSSR count). The standard InChI is InChI=1S/C14H21ClN2O4/c1-9(14(18)17-4-5-19-2)21-13-10(8-16)6-11(15)7-12(13)20-3/h6-7,9H,4-5,8,16H2,1-3H3,(H,17,18). The van der Waals surface area contributed by atoms with Crippen molar-refractivity contribution < 1.29 is 19.0 Å². The van der Waals surface area contributed by atoms with Crippen LogP contribution in [0, 0.1) is 0 Å². The first kappa shape index (κ1) is 17.6. The van der Waals surface area contributed by atoms with Gasteiger partial charge in [-0.25, -0.2) is 0 Å². The van der Waals surface area contributed by atoms with E-state index in [9.17, 15) is 4.79 Å². The Balaban J connectivity index is 2.83. The van der Waals surface area contributed by atoms with Gasteiger partial charge in [-0.2, -0.15) is 0 Å². The molecule has 0 radical (unpaired) electrons. The molecule has 1 atom stereocenters. The first-order valence-corrected chi connectivity index (χ1v) is 6.91. The normalized spacial score (nSPS) is 11.9. The molecule has 0 aliphatic carbocycles. The first-order chi connectivity index (χ1) is 10.0. The van der Waals surface area contributed by atoms with Gasteiger partial charge in [0.1, 0.15) is 0 Å². The fourth-order valence-corrected chi connectivity index (χ4v) is 1.94. The molecular formula is C14H21ClN2O4. The van der Waals surface area contributed by atoms with Crippen LogP contribution in [-0.4, -0.2) is 39.4 Å². The van der Waals surface area contributed by atoms with Gasteiger partial charge in [0.2, 0.25) is 0 Å². The van der Waals surface area contributed by atoms with Crippen molar-refractivity contribution in [3.8, 4) is 11.5 Å². The molecule has 1 aromatic carbocycles. The number of nitrogens with one attached hydrogen (secondary N) is 1. The van der Waals surface area contributed by atoms with Crippen molar-refractivity contribution in [1.29, 1.82) is 0 Å². The second kappa shape index (κ2) is 8.71. The number of hydrogen-bond donors (Lipinski definition) is 2. The third-order valence-corrected chi connectivity index (χ3v) is 3.02. The van der Waals surface area contributed by atoms with E-state index in [1.54, 1.807) is 26.2 Å². The minimum absolute atomic E-state index is 0.226. The smallest absolute Gasteiger partial charge is 0.260 e. The van der Waals surface area contributed by atoms with Crippen molar-refractivity contribution in [2.75, 3.05) is 27.4 Å². The number of carbonyl (C=O) groups is 1. The average Bonchev–Trinajstić information content (AvgIpc) is 2.48. The summed E-state index contributed by atoms with van der Waals surface area (Å²) in [5.74, 6) is 0.630. The number of methoxy groups -OCH3 is 2. The van der Waals surface area contributed by atoms with Gasteiger partial charge >= 0.3 is 0 Å². The van der Waals surface area contributed by atoms with E-state index in [2.05, 4.69) is 5.32 Å². The number of hydrogen-bond acceptors (Lipinski definition) is 5. The topological polar surface area (TPSA) is 82.8 Å². The molecule has 6 nitrogen and oxygen atoms in total. The van der Waals surface area contributed by atoms with Gasteiger partial charge in [-0.15, -0.1) is 0 Å². The highest BCUT2D eigenvalue weighted by molar-refractivity contribution is 6.30. The number of carbonyl (C=O) groups excluding carboxylic acids is 1. The van der Waals surface area contributed by atoms with Crippen LogP contribution < -0.4 is 20.5 Å².